The highest BCUT2D eigenvalue weighted by atomic mass is 32.2. The monoisotopic (exact) mass is 257 g/mol. The van der Waals surface area contributed by atoms with Gasteiger partial charge in [0, 0.05) is 6.54 Å². The van der Waals surface area contributed by atoms with Crippen LogP contribution in [0.4, 0.5) is 0 Å². The molecule has 94 valence electrons. The van der Waals surface area contributed by atoms with Crippen molar-refractivity contribution in [3.8, 4) is 0 Å². The third-order valence-corrected chi connectivity index (χ3v) is 5.06. The van der Waals surface area contributed by atoms with Gasteiger partial charge < -0.3 is 4.79 Å². The number of aldehydes is 1. The summed E-state index contributed by atoms with van der Waals surface area (Å²) in [4.78, 5) is 11.1. The molecule has 1 fully saturated rings. The molecule has 0 aromatic carbocycles. The number of aromatic amines is 1. The second-order valence-corrected chi connectivity index (χ2v) is 6.03. The van der Waals surface area contributed by atoms with E-state index >= 15 is 0 Å². The van der Waals surface area contributed by atoms with E-state index in [0.29, 0.717) is 24.9 Å². The van der Waals surface area contributed by atoms with Crippen LogP contribution in [0.3, 0.4) is 0 Å². The van der Waals surface area contributed by atoms with Crippen molar-refractivity contribution >= 4 is 16.3 Å². The van der Waals surface area contributed by atoms with Crippen LogP contribution in [0, 0.1) is 6.92 Å². The zero-order valence-corrected chi connectivity index (χ0v) is 10.4. The Hall–Kier alpha value is -1.21. The fourth-order valence-electron chi connectivity index (χ4n) is 2.09. The van der Waals surface area contributed by atoms with Gasteiger partial charge in [0.1, 0.15) is 11.2 Å². The summed E-state index contributed by atoms with van der Waals surface area (Å²) in [5, 5.41) is 6.32. The second-order valence-electron chi connectivity index (χ2n) is 4.17. The lowest BCUT2D eigenvalue weighted by Crippen LogP contribution is -2.44. The van der Waals surface area contributed by atoms with Crippen LogP contribution < -0.4 is 0 Å². The summed E-state index contributed by atoms with van der Waals surface area (Å²) in [5.74, 6) is 0. The Balaban J connectivity index is 2.38. The minimum atomic E-state index is -3.60. The summed E-state index contributed by atoms with van der Waals surface area (Å²) in [6.07, 6.45) is 4.28. The van der Waals surface area contributed by atoms with Crippen molar-refractivity contribution < 1.29 is 13.2 Å². The molecule has 1 saturated heterocycles. The molecule has 1 N–H and O–H groups in total. The Bertz CT molecular complexity index is 509. The number of carbonyl (C=O) groups excluding carboxylic acids is 1. The normalized spacial score (nSPS) is 22.5. The molecular formula is C10H15N3O3S. The van der Waals surface area contributed by atoms with Crippen LogP contribution in [0.25, 0.3) is 0 Å². The number of rotatable bonds is 3. The van der Waals surface area contributed by atoms with Crippen molar-refractivity contribution in [1.82, 2.24) is 14.5 Å². The second kappa shape index (κ2) is 4.58. The predicted octanol–water partition coefficient (Wildman–Crippen LogP) is 0.460. The number of sulfonamides is 1. The first-order chi connectivity index (χ1) is 8.07. The Morgan fingerprint density at radius 2 is 2.29 bits per heavy atom. The topological polar surface area (TPSA) is 83.1 Å². The van der Waals surface area contributed by atoms with Crippen LogP contribution in [0.2, 0.25) is 0 Å². The van der Waals surface area contributed by atoms with Crippen LogP contribution in [0.15, 0.2) is 11.1 Å². The number of nitrogens with zero attached hydrogens (tertiary/aromatic N) is 2. The fourth-order valence-corrected chi connectivity index (χ4v) is 3.84. The van der Waals surface area contributed by atoms with Crippen molar-refractivity contribution in [1.29, 1.82) is 0 Å². The van der Waals surface area contributed by atoms with Gasteiger partial charge in [0.05, 0.1) is 17.9 Å². The Morgan fingerprint density at radius 3 is 2.88 bits per heavy atom. The summed E-state index contributed by atoms with van der Waals surface area (Å²) in [5.41, 5.74) is 0.500. The van der Waals surface area contributed by atoms with E-state index in [4.69, 9.17) is 0 Å². The molecule has 0 radical (unpaired) electrons. The van der Waals surface area contributed by atoms with E-state index in [1.807, 2.05) is 0 Å². The van der Waals surface area contributed by atoms with Gasteiger partial charge in [-0.15, -0.1) is 0 Å². The van der Waals surface area contributed by atoms with Gasteiger partial charge in [0.15, 0.2) is 0 Å². The third-order valence-electron chi connectivity index (χ3n) is 3.03. The van der Waals surface area contributed by atoms with Crippen LogP contribution >= 0.6 is 0 Å². The van der Waals surface area contributed by atoms with Crippen molar-refractivity contribution in [2.75, 3.05) is 6.54 Å². The predicted molar refractivity (Wildman–Crippen MR) is 60.9 cm³/mol. The third kappa shape index (κ3) is 2.12. The standard InChI is InChI=1S/C10H15N3O3S/c1-8-10(6-11-12-8)17(15,16)13-5-3-2-4-9(13)7-14/h6-7,9H,2-5H2,1H3,(H,11,12). The first-order valence-corrected chi connectivity index (χ1v) is 6.98. The number of nitrogens with one attached hydrogen (secondary N) is 1. The molecule has 2 heterocycles. The maximum absolute atomic E-state index is 12.3. The summed E-state index contributed by atoms with van der Waals surface area (Å²) in [6.45, 7) is 2.05. The minimum absolute atomic E-state index is 0.159. The summed E-state index contributed by atoms with van der Waals surface area (Å²) in [7, 11) is -3.60. The average molecular weight is 257 g/mol. The zero-order chi connectivity index (χ0) is 12.5. The number of H-pyrrole nitrogens is 1. The number of carbonyl (C=O) groups is 1. The molecule has 0 aliphatic carbocycles. The average Bonchev–Trinajstić information content (AvgIpc) is 2.76. The van der Waals surface area contributed by atoms with Crippen LogP contribution in [0.1, 0.15) is 25.0 Å². The van der Waals surface area contributed by atoms with Crippen molar-refractivity contribution in [3.05, 3.63) is 11.9 Å². The van der Waals surface area contributed by atoms with Gasteiger partial charge in [-0.1, -0.05) is 6.42 Å². The van der Waals surface area contributed by atoms with Crippen molar-refractivity contribution in [2.45, 2.75) is 37.1 Å². The van der Waals surface area contributed by atoms with Gasteiger partial charge in [-0.3, -0.25) is 5.10 Å². The van der Waals surface area contributed by atoms with Crippen molar-refractivity contribution in [3.63, 3.8) is 0 Å². The number of piperidine rings is 1. The minimum Gasteiger partial charge on any atom is -0.302 e. The lowest BCUT2D eigenvalue weighted by molar-refractivity contribution is -0.111. The smallest absolute Gasteiger partial charge is 0.247 e. The molecule has 2 rings (SSSR count). The first-order valence-electron chi connectivity index (χ1n) is 5.54. The van der Waals surface area contributed by atoms with Gasteiger partial charge in [0.2, 0.25) is 10.0 Å². The number of hydrogen-bond acceptors (Lipinski definition) is 4. The Labute approximate surface area is 100 Å². The number of aromatic nitrogens is 2. The molecular weight excluding hydrogens is 242 g/mol. The van der Waals surface area contributed by atoms with E-state index in [9.17, 15) is 13.2 Å². The molecule has 17 heavy (non-hydrogen) atoms. The zero-order valence-electron chi connectivity index (χ0n) is 9.59. The molecule has 1 aliphatic heterocycles. The van der Waals surface area contributed by atoms with Gasteiger partial charge in [-0.25, -0.2) is 8.42 Å². The molecule has 1 aromatic rings. The van der Waals surface area contributed by atoms with Gasteiger partial charge in [0.25, 0.3) is 0 Å². The molecule has 1 aliphatic rings. The van der Waals surface area contributed by atoms with Gasteiger partial charge in [-0.2, -0.15) is 9.40 Å². The maximum Gasteiger partial charge on any atom is 0.247 e. The Morgan fingerprint density at radius 1 is 1.53 bits per heavy atom. The van der Waals surface area contributed by atoms with Crippen LogP contribution in [0.5, 0.6) is 0 Å². The first kappa shape index (κ1) is 12.3. The number of hydrogen-bond donors (Lipinski definition) is 1. The summed E-state index contributed by atoms with van der Waals surface area (Å²) in [6, 6.07) is -0.539. The number of aryl methyl sites for hydroxylation is 1. The fraction of sp³-hybridized carbons (Fsp3) is 0.600. The molecule has 7 heteroatoms. The quantitative estimate of drug-likeness (QED) is 0.797. The molecule has 0 bridgehead atoms. The molecule has 1 unspecified atom stereocenters. The van der Waals surface area contributed by atoms with E-state index in [1.165, 1.54) is 10.5 Å². The van der Waals surface area contributed by atoms with Gasteiger partial charge >= 0.3 is 0 Å². The highest BCUT2D eigenvalue weighted by Crippen LogP contribution is 2.25. The Kier molecular flexibility index (Phi) is 3.30. The molecule has 1 aromatic heterocycles. The molecule has 0 saturated carbocycles. The highest BCUT2D eigenvalue weighted by molar-refractivity contribution is 7.89. The SMILES string of the molecule is Cc1[nH]ncc1S(=O)(=O)N1CCCCC1C=O. The maximum atomic E-state index is 12.3. The summed E-state index contributed by atoms with van der Waals surface area (Å²) >= 11 is 0. The van der Waals surface area contributed by atoms with E-state index in [1.54, 1.807) is 6.92 Å². The van der Waals surface area contributed by atoms with E-state index in [0.717, 1.165) is 12.8 Å². The van der Waals surface area contributed by atoms with Crippen LogP contribution in [-0.4, -0.2) is 41.8 Å². The summed E-state index contributed by atoms with van der Waals surface area (Å²) < 4.78 is 26.0. The largest absolute Gasteiger partial charge is 0.302 e. The lowest BCUT2D eigenvalue weighted by Gasteiger charge is -2.30. The molecule has 6 nitrogen and oxygen atoms in total. The molecule has 0 amide bonds. The molecule has 0 spiro atoms. The van der Waals surface area contributed by atoms with Crippen molar-refractivity contribution in [2.24, 2.45) is 0 Å². The van der Waals surface area contributed by atoms with E-state index in [-0.39, 0.29) is 4.90 Å². The van der Waals surface area contributed by atoms with E-state index < -0.39 is 16.1 Å². The van der Waals surface area contributed by atoms with Gasteiger partial charge in [-0.05, 0) is 19.8 Å². The van der Waals surface area contributed by atoms with Crippen LogP contribution in [-0.2, 0) is 14.8 Å². The highest BCUT2D eigenvalue weighted by Gasteiger charge is 2.34. The lowest BCUT2D eigenvalue weighted by atomic mass is 10.1. The molecule has 1 atom stereocenters. The van der Waals surface area contributed by atoms with E-state index in [2.05, 4.69) is 10.2 Å².